The van der Waals surface area contributed by atoms with Crippen LogP contribution in [0.1, 0.15) is 37.3 Å². The fourth-order valence-corrected chi connectivity index (χ4v) is 3.47. The molecule has 1 unspecified atom stereocenters. The minimum atomic E-state index is -0.183. The molecule has 5 heteroatoms. The number of benzene rings is 1. The average molecular weight is 340 g/mol. The molecule has 0 amide bonds. The quantitative estimate of drug-likeness (QED) is 0.829. The van der Waals surface area contributed by atoms with Gasteiger partial charge >= 0.3 is 0 Å². The molecule has 0 spiro atoms. The first-order valence-corrected chi connectivity index (χ1v) is 8.29. The van der Waals surface area contributed by atoms with Crippen LogP contribution in [0.15, 0.2) is 41.7 Å². The van der Waals surface area contributed by atoms with Crippen LogP contribution in [-0.4, -0.2) is 37.6 Å². The first-order valence-electron chi connectivity index (χ1n) is 8.29. The van der Waals surface area contributed by atoms with E-state index in [1.807, 2.05) is 24.5 Å². The Morgan fingerprint density at radius 1 is 0.960 bits per heavy atom. The lowest BCUT2D eigenvalue weighted by Crippen LogP contribution is -2.22. The van der Waals surface area contributed by atoms with Gasteiger partial charge in [-0.3, -0.25) is 9.98 Å². The van der Waals surface area contributed by atoms with Gasteiger partial charge in [0.2, 0.25) is 5.75 Å². The molecule has 0 saturated carbocycles. The zero-order valence-electron chi connectivity index (χ0n) is 15.4. The predicted octanol–water partition coefficient (Wildman–Crippen LogP) is 3.86. The molecule has 1 aliphatic rings. The summed E-state index contributed by atoms with van der Waals surface area (Å²) in [5.74, 6) is 2.19. The first-order chi connectivity index (χ1) is 12.0. The Morgan fingerprint density at radius 2 is 1.56 bits per heavy atom. The number of pyridine rings is 1. The Bertz CT molecular complexity index is 760. The highest BCUT2D eigenvalue weighted by Crippen LogP contribution is 2.44. The molecule has 1 aliphatic heterocycles. The van der Waals surface area contributed by atoms with E-state index in [2.05, 4.69) is 31.0 Å². The lowest BCUT2D eigenvalue weighted by molar-refractivity contribution is 0.324. The van der Waals surface area contributed by atoms with Crippen molar-refractivity contribution in [3.63, 3.8) is 0 Å². The summed E-state index contributed by atoms with van der Waals surface area (Å²) in [5.41, 5.74) is 3.12. The molecular formula is C20H24N2O3. The maximum atomic E-state index is 5.47. The maximum Gasteiger partial charge on any atom is 0.203 e. The Labute approximate surface area is 148 Å². The van der Waals surface area contributed by atoms with Crippen molar-refractivity contribution in [2.75, 3.05) is 21.3 Å². The normalized spacial score (nSPS) is 18.6. The molecule has 0 fully saturated rings. The fraction of sp³-hybridized carbons (Fsp3) is 0.400. The van der Waals surface area contributed by atoms with Crippen LogP contribution >= 0.6 is 0 Å². The molecule has 132 valence electrons. The second-order valence-corrected chi connectivity index (χ2v) is 6.66. The number of methoxy groups -OCH3 is 3. The number of hydrogen-bond donors (Lipinski definition) is 0. The molecule has 5 nitrogen and oxygen atoms in total. The number of hydrogen-bond acceptors (Lipinski definition) is 5. The predicted molar refractivity (Wildman–Crippen MR) is 98.3 cm³/mol. The second kappa shape index (κ2) is 6.75. The van der Waals surface area contributed by atoms with E-state index in [0.717, 1.165) is 17.7 Å². The van der Waals surface area contributed by atoms with E-state index in [9.17, 15) is 0 Å². The third kappa shape index (κ3) is 3.18. The highest BCUT2D eigenvalue weighted by atomic mass is 16.5. The Morgan fingerprint density at radius 3 is 2.08 bits per heavy atom. The van der Waals surface area contributed by atoms with E-state index in [-0.39, 0.29) is 5.54 Å². The monoisotopic (exact) mass is 340 g/mol. The zero-order chi connectivity index (χ0) is 18.0. The molecule has 0 aliphatic carbocycles. The topological polar surface area (TPSA) is 52.9 Å². The van der Waals surface area contributed by atoms with Gasteiger partial charge in [0.15, 0.2) is 11.5 Å². The van der Waals surface area contributed by atoms with Crippen molar-refractivity contribution < 1.29 is 14.2 Å². The summed E-state index contributed by atoms with van der Waals surface area (Å²) in [5, 5.41) is 0. The van der Waals surface area contributed by atoms with Crippen LogP contribution in [0.25, 0.3) is 0 Å². The van der Waals surface area contributed by atoms with E-state index in [4.69, 9.17) is 19.2 Å². The average Bonchev–Trinajstić information content (AvgIpc) is 2.96. The third-order valence-corrected chi connectivity index (χ3v) is 4.78. The van der Waals surface area contributed by atoms with Gasteiger partial charge in [0, 0.05) is 29.6 Å². The van der Waals surface area contributed by atoms with Gasteiger partial charge in [-0.2, -0.15) is 0 Å². The Hall–Kier alpha value is -2.56. The van der Waals surface area contributed by atoms with Crippen LogP contribution < -0.4 is 14.2 Å². The molecule has 1 aromatic heterocycles. The van der Waals surface area contributed by atoms with Crippen molar-refractivity contribution in [1.82, 2.24) is 4.98 Å². The van der Waals surface area contributed by atoms with Crippen molar-refractivity contribution in [3.8, 4) is 17.2 Å². The zero-order valence-corrected chi connectivity index (χ0v) is 15.4. The molecule has 2 heterocycles. The molecule has 2 aromatic rings. The van der Waals surface area contributed by atoms with Gasteiger partial charge in [-0.05, 0) is 50.1 Å². The van der Waals surface area contributed by atoms with Crippen LogP contribution in [0.3, 0.4) is 0 Å². The van der Waals surface area contributed by atoms with E-state index >= 15 is 0 Å². The first kappa shape index (κ1) is 17.3. The van der Waals surface area contributed by atoms with Crippen molar-refractivity contribution >= 4 is 5.71 Å². The van der Waals surface area contributed by atoms with Gasteiger partial charge in [-0.25, -0.2) is 0 Å². The molecule has 0 radical (unpaired) electrons. The highest BCUT2D eigenvalue weighted by Gasteiger charge is 2.37. The summed E-state index contributed by atoms with van der Waals surface area (Å²) in [6, 6.07) is 8.07. The van der Waals surface area contributed by atoms with Gasteiger partial charge in [0.1, 0.15) is 0 Å². The molecule has 0 N–H and O–H groups in total. The highest BCUT2D eigenvalue weighted by molar-refractivity contribution is 6.03. The van der Waals surface area contributed by atoms with Gasteiger partial charge in [0.25, 0.3) is 0 Å². The second-order valence-electron chi connectivity index (χ2n) is 6.66. The number of aromatic nitrogens is 1. The lowest BCUT2D eigenvalue weighted by Gasteiger charge is -2.24. The molecule has 0 saturated heterocycles. The molecule has 1 atom stereocenters. The summed E-state index contributed by atoms with van der Waals surface area (Å²) >= 11 is 0. The van der Waals surface area contributed by atoms with Crippen LogP contribution in [-0.2, 0) is 0 Å². The largest absolute Gasteiger partial charge is 0.493 e. The molecular weight excluding hydrogens is 316 g/mol. The van der Waals surface area contributed by atoms with Crippen molar-refractivity contribution in [1.29, 1.82) is 0 Å². The number of rotatable bonds is 5. The van der Waals surface area contributed by atoms with Crippen molar-refractivity contribution in [2.45, 2.75) is 31.7 Å². The Kier molecular flexibility index (Phi) is 4.66. The smallest absolute Gasteiger partial charge is 0.203 e. The van der Waals surface area contributed by atoms with Crippen LogP contribution in [0.4, 0.5) is 0 Å². The van der Waals surface area contributed by atoms with Gasteiger partial charge in [-0.1, -0.05) is 0 Å². The minimum Gasteiger partial charge on any atom is -0.493 e. The third-order valence-electron chi connectivity index (χ3n) is 4.78. The molecule has 1 aromatic carbocycles. The number of ether oxygens (including phenoxy) is 3. The van der Waals surface area contributed by atoms with E-state index in [0.29, 0.717) is 23.2 Å². The summed E-state index contributed by atoms with van der Waals surface area (Å²) in [7, 11) is 4.86. The van der Waals surface area contributed by atoms with E-state index in [1.54, 1.807) is 21.3 Å². The molecule has 3 rings (SSSR count). The standard InChI is InChI=1S/C20H24N2O3/c1-20(2)15(13-6-8-21-9-7-13)12-16(22-20)14-10-17(23-3)19(25-5)18(11-14)24-4/h6-11,15H,12H2,1-5H3. The van der Waals surface area contributed by atoms with Gasteiger partial charge in [0.05, 0.1) is 26.9 Å². The van der Waals surface area contributed by atoms with Crippen molar-refractivity contribution in [3.05, 3.63) is 47.8 Å². The summed E-state index contributed by atoms with van der Waals surface area (Å²) in [4.78, 5) is 9.12. The summed E-state index contributed by atoms with van der Waals surface area (Å²) in [6.07, 6.45) is 4.53. The SMILES string of the molecule is COc1cc(C2=NC(C)(C)C(c3ccncc3)C2)cc(OC)c1OC. The number of aliphatic imine (C=N–C) groups is 1. The minimum absolute atomic E-state index is 0.183. The summed E-state index contributed by atoms with van der Waals surface area (Å²) in [6.45, 7) is 4.34. The van der Waals surface area contributed by atoms with E-state index in [1.165, 1.54) is 5.56 Å². The van der Waals surface area contributed by atoms with Gasteiger partial charge in [-0.15, -0.1) is 0 Å². The van der Waals surface area contributed by atoms with E-state index < -0.39 is 0 Å². The molecule has 25 heavy (non-hydrogen) atoms. The van der Waals surface area contributed by atoms with Crippen molar-refractivity contribution in [2.24, 2.45) is 4.99 Å². The summed E-state index contributed by atoms with van der Waals surface area (Å²) < 4.78 is 16.4. The maximum absolute atomic E-state index is 5.47. The fourth-order valence-electron chi connectivity index (χ4n) is 3.47. The lowest BCUT2D eigenvalue weighted by atomic mass is 9.82. The number of nitrogens with zero attached hydrogens (tertiary/aromatic N) is 2. The Balaban J connectivity index is 2.00. The van der Waals surface area contributed by atoms with Crippen LogP contribution in [0.2, 0.25) is 0 Å². The molecule has 0 bridgehead atoms. The van der Waals surface area contributed by atoms with Crippen LogP contribution in [0.5, 0.6) is 17.2 Å². The van der Waals surface area contributed by atoms with Gasteiger partial charge < -0.3 is 14.2 Å². The van der Waals surface area contributed by atoms with Crippen LogP contribution in [0, 0.1) is 0 Å².